The zero-order valence-electron chi connectivity index (χ0n) is 22.3. The molecule has 0 aliphatic carbocycles. The molecular weight excluding hydrogens is 568 g/mol. The van der Waals surface area contributed by atoms with Gasteiger partial charge in [0, 0.05) is 16.8 Å². The zero-order valence-corrected chi connectivity index (χ0v) is 23.9. The number of carbonyl (C=O) groups excluding carboxylic acids is 3. The Labute approximate surface area is 251 Å². The highest BCUT2D eigenvalue weighted by Gasteiger charge is 2.39. The van der Waals surface area contributed by atoms with Crippen LogP contribution in [0.25, 0.3) is 21.7 Å². The van der Waals surface area contributed by atoms with E-state index in [1.165, 1.54) is 11.3 Å². The van der Waals surface area contributed by atoms with E-state index >= 15 is 0 Å². The number of halogens is 1. The van der Waals surface area contributed by atoms with Crippen LogP contribution in [-0.4, -0.2) is 22.7 Å². The van der Waals surface area contributed by atoms with Crippen molar-refractivity contribution in [2.75, 3.05) is 15.5 Å². The summed E-state index contributed by atoms with van der Waals surface area (Å²) < 4.78 is 0. The van der Waals surface area contributed by atoms with Crippen molar-refractivity contribution in [3.8, 4) is 21.7 Å². The molecule has 0 spiro atoms. The number of nitrogens with one attached hydrogen (secondary N) is 2. The molecule has 3 amide bonds. The molecule has 42 heavy (non-hydrogen) atoms. The summed E-state index contributed by atoms with van der Waals surface area (Å²) in [5.41, 5.74) is 4.85. The fourth-order valence-corrected chi connectivity index (χ4v) is 5.74. The minimum absolute atomic E-state index is 0.0558. The Morgan fingerprint density at radius 3 is 2.17 bits per heavy atom. The van der Waals surface area contributed by atoms with Gasteiger partial charge in [-0.3, -0.25) is 19.7 Å². The van der Waals surface area contributed by atoms with Crippen LogP contribution in [0, 0.1) is 6.92 Å². The molecule has 206 valence electrons. The van der Waals surface area contributed by atoms with Crippen molar-refractivity contribution >= 4 is 57.2 Å². The predicted molar refractivity (Wildman–Crippen MR) is 168 cm³/mol. The molecule has 0 bridgehead atoms. The van der Waals surface area contributed by atoms with Gasteiger partial charge in [0.1, 0.15) is 10.7 Å². The maximum Gasteiger partial charge on any atom is 0.283 e. The van der Waals surface area contributed by atoms with Crippen LogP contribution in [0.15, 0.2) is 120 Å². The standard InChI is InChI=1S/C33H23ClN4O3S/c1-20-15-17-25(18-16-20)38-31(40)26(34)28(32(38)41)35-24-14-8-13-23(19-24)30(39)37-33-36-27(21-9-4-2-5-10-21)29(42-33)22-11-6-3-7-12-22/h2-19,35H,1H3,(H,36,37,39). The summed E-state index contributed by atoms with van der Waals surface area (Å²) >= 11 is 7.69. The van der Waals surface area contributed by atoms with Crippen LogP contribution in [0.5, 0.6) is 0 Å². The number of hydrogen-bond donors (Lipinski definition) is 2. The zero-order chi connectivity index (χ0) is 29.2. The van der Waals surface area contributed by atoms with E-state index in [9.17, 15) is 14.4 Å². The van der Waals surface area contributed by atoms with Gasteiger partial charge in [-0.05, 0) is 42.8 Å². The number of aryl methyl sites for hydroxylation is 1. The molecule has 0 fully saturated rings. The predicted octanol–water partition coefficient (Wildman–Crippen LogP) is 7.47. The van der Waals surface area contributed by atoms with Gasteiger partial charge in [0.2, 0.25) is 0 Å². The number of anilines is 3. The first kappa shape index (κ1) is 27.1. The van der Waals surface area contributed by atoms with E-state index in [-0.39, 0.29) is 16.6 Å². The topological polar surface area (TPSA) is 91.4 Å². The average molecular weight is 591 g/mol. The van der Waals surface area contributed by atoms with Crippen LogP contribution < -0.4 is 15.5 Å². The van der Waals surface area contributed by atoms with Crippen LogP contribution in [0.3, 0.4) is 0 Å². The van der Waals surface area contributed by atoms with Crippen LogP contribution in [0.2, 0.25) is 0 Å². The highest BCUT2D eigenvalue weighted by molar-refractivity contribution is 7.19. The fraction of sp³-hybridized carbons (Fsp3) is 0.0303. The van der Waals surface area contributed by atoms with Gasteiger partial charge < -0.3 is 5.32 Å². The second-order valence-corrected chi connectivity index (χ2v) is 10.9. The highest BCUT2D eigenvalue weighted by Crippen LogP contribution is 2.39. The molecule has 0 saturated carbocycles. The van der Waals surface area contributed by atoms with E-state index in [0.29, 0.717) is 22.1 Å². The monoisotopic (exact) mass is 590 g/mol. The second-order valence-electron chi connectivity index (χ2n) is 9.56. The van der Waals surface area contributed by atoms with Crippen molar-refractivity contribution < 1.29 is 14.4 Å². The molecular formula is C33H23ClN4O3S. The molecule has 1 aliphatic rings. The van der Waals surface area contributed by atoms with E-state index in [4.69, 9.17) is 16.6 Å². The molecule has 0 atom stereocenters. The maximum absolute atomic E-state index is 13.3. The molecule has 1 aromatic heterocycles. The Balaban J connectivity index is 1.23. The molecule has 2 heterocycles. The first-order valence-electron chi connectivity index (χ1n) is 13.0. The Hall–Kier alpha value is -5.05. The van der Waals surface area contributed by atoms with Crippen LogP contribution in [0.1, 0.15) is 15.9 Å². The molecule has 0 saturated heterocycles. The number of carbonyl (C=O) groups is 3. The SMILES string of the molecule is Cc1ccc(N2C(=O)C(Cl)=C(Nc3cccc(C(=O)Nc4nc(-c5ccccc5)c(-c5ccccc5)s4)c3)C2=O)cc1. The molecule has 1 aliphatic heterocycles. The van der Waals surface area contributed by atoms with Gasteiger partial charge in [0.15, 0.2) is 5.13 Å². The quantitative estimate of drug-likeness (QED) is 0.192. The summed E-state index contributed by atoms with van der Waals surface area (Å²) in [6, 6.07) is 33.3. The molecule has 6 rings (SSSR count). The second kappa shape index (κ2) is 11.4. The lowest BCUT2D eigenvalue weighted by molar-refractivity contribution is -0.120. The number of thiazole rings is 1. The normalized spacial score (nSPS) is 13.0. The first-order chi connectivity index (χ1) is 20.4. The van der Waals surface area contributed by atoms with Crippen molar-refractivity contribution in [1.29, 1.82) is 0 Å². The van der Waals surface area contributed by atoms with Crippen LogP contribution in [-0.2, 0) is 9.59 Å². The molecule has 9 heteroatoms. The van der Waals surface area contributed by atoms with Crippen molar-refractivity contribution in [3.05, 3.63) is 131 Å². The highest BCUT2D eigenvalue weighted by atomic mass is 35.5. The molecule has 5 aromatic rings. The summed E-state index contributed by atoms with van der Waals surface area (Å²) in [5.74, 6) is -1.57. The molecule has 7 nitrogen and oxygen atoms in total. The number of rotatable bonds is 7. The third kappa shape index (κ3) is 5.33. The minimum Gasteiger partial charge on any atom is -0.350 e. The number of hydrogen-bond acceptors (Lipinski definition) is 6. The van der Waals surface area contributed by atoms with Gasteiger partial charge in [-0.15, -0.1) is 0 Å². The molecule has 0 radical (unpaired) electrons. The van der Waals surface area contributed by atoms with Gasteiger partial charge in [-0.25, -0.2) is 9.88 Å². The van der Waals surface area contributed by atoms with Crippen molar-refractivity contribution in [3.63, 3.8) is 0 Å². The third-order valence-electron chi connectivity index (χ3n) is 6.64. The smallest absolute Gasteiger partial charge is 0.283 e. The average Bonchev–Trinajstić information content (AvgIpc) is 3.53. The van der Waals surface area contributed by atoms with Crippen molar-refractivity contribution in [2.45, 2.75) is 6.92 Å². The van der Waals surface area contributed by atoms with Crippen LogP contribution in [0.4, 0.5) is 16.5 Å². The number of benzene rings is 4. The van der Waals surface area contributed by atoms with E-state index in [1.807, 2.05) is 79.7 Å². The summed E-state index contributed by atoms with van der Waals surface area (Å²) in [4.78, 5) is 46.0. The Bertz CT molecular complexity index is 1790. The van der Waals surface area contributed by atoms with Gasteiger partial charge in [0.25, 0.3) is 17.7 Å². The minimum atomic E-state index is -0.617. The lowest BCUT2D eigenvalue weighted by Gasteiger charge is -2.15. The first-order valence-corrected chi connectivity index (χ1v) is 14.2. The van der Waals surface area contributed by atoms with Crippen LogP contribution >= 0.6 is 22.9 Å². The fourth-order valence-electron chi connectivity index (χ4n) is 4.54. The lowest BCUT2D eigenvalue weighted by atomic mass is 10.1. The summed E-state index contributed by atoms with van der Waals surface area (Å²) in [6.07, 6.45) is 0. The Kier molecular flexibility index (Phi) is 7.39. The van der Waals surface area contributed by atoms with E-state index in [1.54, 1.807) is 36.4 Å². The van der Waals surface area contributed by atoms with Gasteiger partial charge >= 0.3 is 0 Å². The van der Waals surface area contributed by atoms with Crippen molar-refractivity contribution in [1.82, 2.24) is 4.98 Å². The van der Waals surface area contributed by atoms with Crippen molar-refractivity contribution in [2.24, 2.45) is 0 Å². The number of imide groups is 1. The lowest BCUT2D eigenvalue weighted by Crippen LogP contribution is -2.32. The molecule has 0 unspecified atom stereocenters. The Morgan fingerprint density at radius 1 is 0.810 bits per heavy atom. The van der Waals surface area contributed by atoms with Gasteiger partial charge in [-0.2, -0.15) is 0 Å². The molecule has 2 N–H and O–H groups in total. The largest absolute Gasteiger partial charge is 0.350 e. The number of nitrogens with zero attached hydrogens (tertiary/aromatic N) is 2. The summed E-state index contributed by atoms with van der Waals surface area (Å²) in [6.45, 7) is 1.91. The maximum atomic E-state index is 13.3. The van der Waals surface area contributed by atoms with Gasteiger partial charge in [0.05, 0.1) is 16.3 Å². The summed E-state index contributed by atoms with van der Waals surface area (Å²) in [5, 5.41) is 6.08. The Morgan fingerprint density at radius 2 is 1.48 bits per heavy atom. The van der Waals surface area contributed by atoms with Gasteiger partial charge in [-0.1, -0.05) is 107 Å². The van der Waals surface area contributed by atoms with E-state index < -0.39 is 11.8 Å². The van der Waals surface area contributed by atoms with E-state index in [2.05, 4.69) is 10.6 Å². The third-order valence-corrected chi connectivity index (χ3v) is 8.01. The van der Waals surface area contributed by atoms with E-state index in [0.717, 1.165) is 32.2 Å². The number of aromatic nitrogens is 1. The molecule has 4 aromatic carbocycles. The number of amides is 3. The summed E-state index contributed by atoms with van der Waals surface area (Å²) in [7, 11) is 0.